The van der Waals surface area contributed by atoms with Gasteiger partial charge in [-0.2, -0.15) is 0 Å². The number of carbonyl (C=O) groups is 2. The number of hydrogen-bond donors (Lipinski definition) is 0. The number of aromatic nitrogens is 1. The highest BCUT2D eigenvalue weighted by molar-refractivity contribution is 5.97. The van der Waals surface area contributed by atoms with E-state index in [9.17, 15) is 9.59 Å². The molecular formula is C30H39NO4. The van der Waals surface area contributed by atoms with Gasteiger partial charge in [0.25, 0.3) is 0 Å². The molecule has 3 aromatic rings. The molecule has 2 aromatic carbocycles. The summed E-state index contributed by atoms with van der Waals surface area (Å²) in [5, 5.41) is 0.892. The predicted octanol–water partition coefficient (Wildman–Crippen LogP) is 7.15. The standard InChI is InChI=1S/C30H39NO4/c1-5-6-7-8-9-10-13-23-16-18-26(19-17-23)34-22-25(32)21-31-27-15-12-11-14-24(27)20-28(31)29(33)35-30(2,3)4/h11-12,14-20H,5-10,13,21-22H2,1-4H3. The first kappa shape index (κ1) is 26.5. The lowest BCUT2D eigenvalue weighted by Crippen LogP contribution is -2.27. The number of carbonyl (C=O) groups excluding carboxylic acids is 2. The second-order valence-corrected chi connectivity index (χ2v) is 10.2. The molecule has 0 saturated carbocycles. The third kappa shape index (κ3) is 8.27. The molecule has 5 heteroatoms. The van der Waals surface area contributed by atoms with E-state index in [0.717, 1.165) is 17.3 Å². The summed E-state index contributed by atoms with van der Waals surface area (Å²) < 4.78 is 13.0. The molecule has 1 heterocycles. The molecule has 1 aromatic heterocycles. The second kappa shape index (κ2) is 12.6. The third-order valence-corrected chi connectivity index (χ3v) is 5.90. The normalized spacial score (nSPS) is 11.5. The van der Waals surface area contributed by atoms with Crippen molar-refractivity contribution in [3.63, 3.8) is 0 Å². The fraction of sp³-hybridized carbons (Fsp3) is 0.467. The first-order valence-corrected chi connectivity index (χ1v) is 12.8. The lowest BCUT2D eigenvalue weighted by atomic mass is 10.0. The Balaban J connectivity index is 1.56. The number of rotatable bonds is 13. The van der Waals surface area contributed by atoms with E-state index in [4.69, 9.17) is 9.47 Å². The Labute approximate surface area is 209 Å². The molecule has 0 atom stereocenters. The Morgan fingerprint density at radius 1 is 0.886 bits per heavy atom. The number of benzene rings is 2. The summed E-state index contributed by atoms with van der Waals surface area (Å²) in [6, 6.07) is 17.4. The highest BCUT2D eigenvalue weighted by Crippen LogP contribution is 2.23. The van der Waals surface area contributed by atoms with Crippen LogP contribution >= 0.6 is 0 Å². The highest BCUT2D eigenvalue weighted by atomic mass is 16.6. The molecule has 0 fully saturated rings. The van der Waals surface area contributed by atoms with Crippen molar-refractivity contribution >= 4 is 22.7 Å². The maximum Gasteiger partial charge on any atom is 0.355 e. The van der Waals surface area contributed by atoms with Crippen LogP contribution in [0.2, 0.25) is 0 Å². The van der Waals surface area contributed by atoms with Gasteiger partial charge in [0.1, 0.15) is 23.7 Å². The van der Waals surface area contributed by atoms with E-state index in [1.54, 1.807) is 10.6 Å². The number of Topliss-reactive ketones (excluding diaryl/α,β-unsaturated/α-hetero) is 1. The first-order chi connectivity index (χ1) is 16.8. The number of ketones is 1. The Morgan fingerprint density at radius 2 is 1.57 bits per heavy atom. The van der Waals surface area contributed by atoms with Gasteiger partial charge >= 0.3 is 5.97 Å². The summed E-state index contributed by atoms with van der Waals surface area (Å²) >= 11 is 0. The van der Waals surface area contributed by atoms with Crippen molar-refractivity contribution in [2.75, 3.05) is 6.61 Å². The minimum atomic E-state index is -0.618. The highest BCUT2D eigenvalue weighted by Gasteiger charge is 2.23. The van der Waals surface area contributed by atoms with E-state index < -0.39 is 11.6 Å². The Bertz CT molecular complexity index is 1110. The smallest absolute Gasteiger partial charge is 0.355 e. The summed E-state index contributed by atoms with van der Waals surface area (Å²) in [6.07, 6.45) is 8.78. The quantitative estimate of drug-likeness (QED) is 0.194. The van der Waals surface area contributed by atoms with Gasteiger partial charge in [-0.05, 0) is 63.4 Å². The third-order valence-electron chi connectivity index (χ3n) is 5.90. The van der Waals surface area contributed by atoms with Crippen LogP contribution in [0.1, 0.15) is 82.3 Å². The molecule has 0 N–H and O–H groups in total. The SMILES string of the molecule is CCCCCCCCc1ccc(OCC(=O)Cn2c(C(=O)OC(C)(C)C)cc3ccccc32)cc1. The molecule has 188 valence electrons. The molecular weight excluding hydrogens is 438 g/mol. The second-order valence-electron chi connectivity index (χ2n) is 10.2. The van der Waals surface area contributed by atoms with E-state index in [0.29, 0.717) is 11.4 Å². The topological polar surface area (TPSA) is 57.5 Å². The number of aryl methyl sites for hydroxylation is 1. The van der Waals surface area contributed by atoms with Crippen LogP contribution in [0.25, 0.3) is 10.9 Å². The van der Waals surface area contributed by atoms with Gasteiger partial charge in [0, 0.05) is 10.9 Å². The van der Waals surface area contributed by atoms with E-state index in [-0.39, 0.29) is 18.9 Å². The average molecular weight is 478 g/mol. The van der Waals surface area contributed by atoms with Crippen molar-refractivity contribution in [3.05, 3.63) is 65.9 Å². The van der Waals surface area contributed by atoms with Crippen LogP contribution < -0.4 is 4.74 Å². The monoisotopic (exact) mass is 477 g/mol. The number of fused-ring (bicyclic) bond motifs is 1. The van der Waals surface area contributed by atoms with Gasteiger partial charge in [-0.15, -0.1) is 0 Å². The number of ether oxygens (including phenoxy) is 2. The van der Waals surface area contributed by atoms with Crippen LogP contribution in [-0.2, 0) is 22.5 Å². The number of esters is 1. The molecule has 0 unspecified atom stereocenters. The van der Waals surface area contributed by atoms with Crippen molar-refractivity contribution in [1.82, 2.24) is 4.57 Å². The zero-order valence-electron chi connectivity index (χ0n) is 21.6. The molecule has 0 aliphatic rings. The van der Waals surface area contributed by atoms with Crippen LogP contribution in [0.5, 0.6) is 5.75 Å². The lowest BCUT2D eigenvalue weighted by Gasteiger charge is -2.20. The van der Waals surface area contributed by atoms with Crippen LogP contribution in [0.3, 0.4) is 0 Å². The van der Waals surface area contributed by atoms with Crippen molar-refractivity contribution in [2.45, 2.75) is 84.8 Å². The van der Waals surface area contributed by atoms with Gasteiger partial charge in [-0.3, -0.25) is 4.79 Å². The summed E-state index contributed by atoms with van der Waals surface area (Å²) in [7, 11) is 0. The number of unbranched alkanes of at least 4 members (excludes halogenated alkanes) is 5. The molecule has 0 bridgehead atoms. The summed E-state index contributed by atoms with van der Waals surface area (Å²) in [6.45, 7) is 7.71. The van der Waals surface area contributed by atoms with Crippen molar-refractivity contribution in [2.24, 2.45) is 0 Å². The maximum atomic E-state index is 12.8. The minimum Gasteiger partial charge on any atom is -0.486 e. The predicted molar refractivity (Wildman–Crippen MR) is 141 cm³/mol. The van der Waals surface area contributed by atoms with Gasteiger partial charge in [0.2, 0.25) is 0 Å². The van der Waals surface area contributed by atoms with Crippen LogP contribution in [0.4, 0.5) is 0 Å². The Kier molecular flexibility index (Phi) is 9.53. The van der Waals surface area contributed by atoms with Gasteiger partial charge in [0.15, 0.2) is 5.78 Å². The Morgan fingerprint density at radius 3 is 2.29 bits per heavy atom. The molecule has 35 heavy (non-hydrogen) atoms. The molecule has 0 spiro atoms. The van der Waals surface area contributed by atoms with E-state index in [1.807, 2.05) is 57.2 Å². The molecule has 0 aliphatic carbocycles. The van der Waals surface area contributed by atoms with Gasteiger partial charge in [-0.1, -0.05) is 69.4 Å². The number of hydrogen-bond acceptors (Lipinski definition) is 4. The number of para-hydroxylation sites is 1. The molecule has 0 radical (unpaired) electrons. The summed E-state index contributed by atoms with van der Waals surface area (Å²) in [5.41, 5.74) is 1.86. The summed E-state index contributed by atoms with van der Waals surface area (Å²) in [4.78, 5) is 25.6. The van der Waals surface area contributed by atoms with Gasteiger partial charge in [-0.25, -0.2) is 4.79 Å². The van der Waals surface area contributed by atoms with Crippen LogP contribution in [0, 0.1) is 0 Å². The van der Waals surface area contributed by atoms with Gasteiger partial charge < -0.3 is 14.0 Å². The van der Waals surface area contributed by atoms with Crippen LogP contribution in [-0.4, -0.2) is 28.5 Å². The van der Waals surface area contributed by atoms with Gasteiger partial charge in [0.05, 0.1) is 6.54 Å². The van der Waals surface area contributed by atoms with Crippen molar-refractivity contribution in [3.8, 4) is 5.75 Å². The number of nitrogens with zero attached hydrogens (tertiary/aromatic N) is 1. The average Bonchev–Trinajstić information content (AvgIpc) is 3.18. The van der Waals surface area contributed by atoms with E-state index >= 15 is 0 Å². The molecule has 0 saturated heterocycles. The molecule has 0 amide bonds. The summed E-state index contributed by atoms with van der Waals surface area (Å²) in [5.74, 6) is 0.116. The molecule has 0 aliphatic heterocycles. The van der Waals surface area contributed by atoms with Crippen molar-refractivity contribution in [1.29, 1.82) is 0 Å². The van der Waals surface area contributed by atoms with Crippen molar-refractivity contribution < 1.29 is 19.1 Å². The van der Waals surface area contributed by atoms with Crippen LogP contribution in [0.15, 0.2) is 54.6 Å². The maximum absolute atomic E-state index is 12.8. The molecule has 5 nitrogen and oxygen atoms in total. The fourth-order valence-electron chi connectivity index (χ4n) is 4.13. The first-order valence-electron chi connectivity index (χ1n) is 12.8. The van der Waals surface area contributed by atoms with E-state index in [2.05, 4.69) is 19.1 Å². The largest absolute Gasteiger partial charge is 0.486 e. The fourth-order valence-corrected chi connectivity index (χ4v) is 4.13. The zero-order chi connectivity index (χ0) is 25.3. The Hall–Kier alpha value is -3.08. The molecule has 3 rings (SSSR count). The zero-order valence-corrected chi connectivity index (χ0v) is 21.6. The van der Waals surface area contributed by atoms with E-state index in [1.165, 1.54) is 44.1 Å². The minimum absolute atomic E-state index is 0.0399. The lowest BCUT2D eigenvalue weighted by molar-refractivity contribution is -0.121.